The SMILES string of the molecule is Nc1nc2c(c(Oc3ccc(Cl)cc3)n1)CN(C=O)C2. The Bertz CT molecular complexity index is 660. The molecule has 7 heteroatoms. The van der Waals surface area contributed by atoms with E-state index in [9.17, 15) is 4.79 Å². The Kier molecular flexibility index (Phi) is 3.15. The van der Waals surface area contributed by atoms with E-state index in [1.54, 1.807) is 29.2 Å². The number of aromatic nitrogens is 2. The summed E-state index contributed by atoms with van der Waals surface area (Å²) < 4.78 is 5.72. The van der Waals surface area contributed by atoms with Crippen LogP contribution in [0.3, 0.4) is 0 Å². The van der Waals surface area contributed by atoms with E-state index in [4.69, 9.17) is 22.1 Å². The van der Waals surface area contributed by atoms with Crippen molar-refractivity contribution in [1.82, 2.24) is 14.9 Å². The summed E-state index contributed by atoms with van der Waals surface area (Å²) in [5.74, 6) is 1.10. The minimum absolute atomic E-state index is 0.125. The zero-order valence-electron chi connectivity index (χ0n) is 10.4. The number of nitrogen functional groups attached to an aromatic ring is 1. The summed E-state index contributed by atoms with van der Waals surface area (Å²) in [5, 5.41) is 0.622. The predicted octanol–water partition coefficient (Wildman–Crippen LogP) is 1.98. The van der Waals surface area contributed by atoms with Gasteiger partial charge in [-0.1, -0.05) is 11.6 Å². The van der Waals surface area contributed by atoms with Crippen LogP contribution in [0.25, 0.3) is 0 Å². The number of anilines is 1. The lowest BCUT2D eigenvalue weighted by molar-refractivity contribution is -0.118. The highest BCUT2D eigenvalue weighted by molar-refractivity contribution is 6.30. The first-order chi connectivity index (χ1) is 9.65. The number of ether oxygens (including phenoxy) is 1. The number of hydrogen-bond donors (Lipinski definition) is 1. The van der Waals surface area contributed by atoms with Gasteiger partial charge in [0.05, 0.1) is 24.3 Å². The maximum Gasteiger partial charge on any atom is 0.229 e. The molecule has 0 atom stereocenters. The van der Waals surface area contributed by atoms with E-state index in [2.05, 4.69) is 9.97 Å². The molecule has 3 rings (SSSR count). The second kappa shape index (κ2) is 4.97. The smallest absolute Gasteiger partial charge is 0.229 e. The lowest BCUT2D eigenvalue weighted by atomic mass is 10.2. The molecule has 0 fully saturated rings. The van der Waals surface area contributed by atoms with Crippen LogP contribution in [-0.4, -0.2) is 21.3 Å². The lowest BCUT2D eigenvalue weighted by Gasteiger charge is -2.09. The van der Waals surface area contributed by atoms with Crippen LogP contribution >= 0.6 is 11.6 Å². The van der Waals surface area contributed by atoms with Crippen molar-refractivity contribution < 1.29 is 9.53 Å². The molecule has 0 bridgehead atoms. The van der Waals surface area contributed by atoms with E-state index in [0.717, 1.165) is 12.0 Å². The number of amides is 1. The molecule has 20 heavy (non-hydrogen) atoms. The van der Waals surface area contributed by atoms with Crippen molar-refractivity contribution in [3.63, 3.8) is 0 Å². The predicted molar refractivity (Wildman–Crippen MR) is 73.3 cm³/mol. The van der Waals surface area contributed by atoms with Crippen molar-refractivity contribution in [3.8, 4) is 11.6 Å². The summed E-state index contributed by atoms with van der Waals surface area (Å²) in [6, 6.07) is 6.91. The third-order valence-electron chi connectivity index (χ3n) is 2.96. The Hall–Kier alpha value is -2.34. The van der Waals surface area contributed by atoms with Crippen molar-refractivity contribution in [2.75, 3.05) is 5.73 Å². The maximum absolute atomic E-state index is 10.9. The van der Waals surface area contributed by atoms with Crippen molar-refractivity contribution in [1.29, 1.82) is 0 Å². The topological polar surface area (TPSA) is 81.3 Å². The standard InChI is InChI=1S/C13H11ClN4O2/c14-8-1-3-9(4-2-8)20-12-10-5-18(7-19)6-11(10)16-13(15)17-12/h1-4,7H,5-6H2,(H2,15,16,17). The zero-order chi connectivity index (χ0) is 14.1. The summed E-state index contributed by atoms with van der Waals surface area (Å²) >= 11 is 5.82. The highest BCUT2D eigenvalue weighted by Crippen LogP contribution is 2.31. The van der Waals surface area contributed by atoms with Crippen LogP contribution in [0.1, 0.15) is 11.3 Å². The Labute approximate surface area is 120 Å². The number of nitrogens with two attached hydrogens (primary N) is 1. The molecule has 102 valence electrons. The summed E-state index contributed by atoms with van der Waals surface area (Å²) in [5.41, 5.74) is 7.16. The zero-order valence-corrected chi connectivity index (χ0v) is 11.2. The van der Waals surface area contributed by atoms with E-state index in [-0.39, 0.29) is 5.95 Å². The molecule has 1 aliphatic rings. The molecule has 0 aliphatic carbocycles. The molecule has 2 N–H and O–H groups in total. The second-order valence-corrected chi connectivity index (χ2v) is 4.82. The number of benzene rings is 1. The molecule has 2 aromatic rings. The first-order valence-electron chi connectivity index (χ1n) is 5.94. The summed E-state index contributed by atoms with van der Waals surface area (Å²) in [6.07, 6.45) is 0.768. The van der Waals surface area contributed by atoms with Crippen LogP contribution in [0, 0.1) is 0 Å². The van der Waals surface area contributed by atoms with Gasteiger partial charge < -0.3 is 15.4 Å². The minimum Gasteiger partial charge on any atom is -0.438 e. The quantitative estimate of drug-likeness (QED) is 0.874. The van der Waals surface area contributed by atoms with Gasteiger partial charge in [-0.2, -0.15) is 4.98 Å². The lowest BCUT2D eigenvalue weighted by Crippen LogP contribution is -2.12. The highest BCUT2D eigenvalue weighted by atomic mass is 35.5. The van der Waals surface area contributed by atoms with Crippen LogP contribution in [-0.2, 0) is 17.9 Å². The van der Waals surface area contributed by atoms with Crippen LogP contribution in [0.15, 0.2) is 24.3 Å². The number of nitrogens with zero attached hydrogens (tertiary/aromatic N) is 3. The molecule has 0 saturated heterocycles. The average Bonchev–Trinajstić information content (AvgIpc) is 2.84. The molecule has 0 spiro atoms. The fourth-order valence-corrected chi connectivity index (χ4v) is 2.17. The molecule has 0 unspecified atom stereocenters. The molecule has 6 nitrogen and oxygen atoms in total. The van der Waals surface area contributed by atoms with E-state index >= 15 is 0 Å². The summed E-state index contributed by atoms with van der Waals surface area (Å²) in [7, 11) is 0. The van der Waals surface area contributed by atoms with Gasteiger partial charge in [-0.25, -0.2) is 4.98 Å². The van der Waals surface area contributed by atoms with Crippen molar-refractivity contribution in [2.24, 2.45) is 0 Å². The molecule has 1 amide bonds. The van der Waals surface area contributed by atoms with Gasteiger partial charge in [0.1, 0.15) is 5.75 Å². The van der Waals surface area contributed by atoms with Crippen LogP contribution in [0.4, 0.5) is 5.95 Å². The molecular weight excluding hydrogens is 280 g/mol. The minimum atomic E-state index is 0.125. The Morgan fingerprint density at radius 1 is 1.25 bits per heavy atom. The molecule has 1 aromatic carbocycles. The van der Waals surface area contributed by atoms with Gasteiger partial charge >= 0.3 is 0 Å². The third-order valence-corrected chi connectivity index (χ3v) is 3.22. The highest BCUT2D eigenvalue weighted by Gasteiger charge is 2.25. The number of fused-ring (bicyclic) bond motifs is 1. The van der Waals surface area contributed by atoms with Crippen molar-refractivity contribution in [2.45, 2.75) is 13.1 Å². The summed E-state index contributed by atoms with van der Waals surface area (Å²) in [4.78, 5) is 20.7. The van der Waals surface area contributed by atoms with Gasteiger partial charge in [0.15, 0.2) is 0 Å². The van der Waals surface area contributed by atoms with E-state index in [1.807, 2.05) is 0 Å². The monoisotopic (exact) mass is 290 g/mol. The van der Waals surface area contributed by atoms with Gasteiger partial charge in [-0.05, 0) is 24.3 Å². The van der Waals surface area contributed by atoms with Gasteiger partial charge in [-0.15, -0.1) is 0 Å². The Balaban J connectivity index is 1.94. The van der Waals surface area contributed by atoms with Crippen molar-refractivity contribution in [3.05, 3.63) is 40.5 Å². The number of halogens is 1. The molecule has 0 saturated carbocycles. The van der Waals surface area contributed by atoms with Gasteiger partial charge in [0, 0.05) is 5.02 Å². The average molecular weight is 291 g/mol. The van der Waals surface area contributed by atoms with Crippen LogP contribution in [0.5, 0.6) is 11.6 Å². The second-order valence-electron chi connectivity index (χ2n) is 4.38. The Morgan fingerprint density at radius 2 is 2.00 bits per heavy atom. The number of carbonyl (C=O) groups is 1. The first-order valence-corrected chi connectivity index (χ1v) is 6.31. The number of carbonyl (C=O) groups excluding carboxylic acids is 1. The molecule has 1 aromatic heterocycles. The van der Waals surface area contributed by atoms with Crippen LogP contribution < -0.4 is 10.5 Å². The third kappa shape index (κ3) is 2.37. The van der Waals surface area contributed by atoms with Crippen molar-refractivity contribution >= 4 is 24.0 Å². The molecule has 0 radical (unpaired) electrons. The molecular formula is C13H11ClN4O2. The van der Waals surface area contributed by atoms with Gasteiger partial charge in [-0.3, -0.25) is 4.79 Å². The largest absolute Gasteiger partial charge is 0.438 e. The maximum atomic E-state index is 10.9. The first kappa shape index (κ1) is 12.7. The fraction of sp³-hybridized carbons (Fsp3) is 0.154. The van der Waals surface area contributed by atoms with Gasteiger partial charge in [0.2, 0.25) is 18.2 Å². The summed E-state index contributed by atoms with van der Waals surface area (Å²) in [6.45, 7) is 0.838. The fourth-order valence-electron chi connectivity index (χ4n) is 2.04. The normalized spacial score (nSPS) is 13.2. The molecule has 1 aliphatic heterocycles. The van der Waals surface area contributed by atoms with Crippen LogP contribution in [0.2, 0.25) is 5.02 Å². The number of hydrogen-bond acceptors (Lipinski definition) is 5. The number of rotatable bonds is 3. The van der Waals surface area contributed by atoms with E-state index < -0.39 is 0 Å². The van der Waals surface area contributed by atoms with Gasteiger partial charge in [0.25, 0.3) is 0 Å². The Morgan fingerprint density at radius 3 is 2.70 bits per heavy atom. The van der Waals surface area contributed by atoms with E-state index in [0.29, 0.717) is 35.4 Å². The molecule has 2 heterocycles. The van der Waals surface area contributed by atoms with E-state index in [1.165, 1.54) is 0 Å².